The van der Waals surface area contributed by atoms with E-state index in [0.29, 0.717) is 0 Å². The van der Waals surface area contributed by atoms with Gasteiger partial charge in [0.1, 0.15) is 6.29 Å². The van der Waals surface area contributed by atoms with Gasteiger partial charge in [-0.15, -0.1) is 0 Å². The van der Waals surface area contributed by atoms with E-state index in [0.717, 1.165) is 25.5 Å². The molecule has 0 aliphatic rings. The van der Waals surface area contributed by atoms with Crippen molar-refractivity contribution in [3.8, 4) is 0 Å². The third-order valence-corrected chi connectivity index (χ3v) is 4.87. The first-order chi connectivity index (χ1) is 10.5. The normalized spacial score (nSPS) is 13.2. The molecule has 1 N–H and O–H groups in total. The number of unbranched alkanes of at least 4 members (excludes halogenated alkanes) is 10. The largest absolute Gasteiger partial charge is 0.303 e. The van der Waals surface area contributed by atoms with E-state index in [2.05, 4.69) is 6.92 Å². The minimum absolute atomic E-state index is 0.236. The highest BCUT2D eigenvalue weighted by Gasteiger charge is 2.12. The van der Waals surface area contributed by atoms with Crippen LogP contribution in [0, 0.1) is 5.92 Å². The molecule has 0 saturated carbocycles. The van der Waals surface area contributed by atoms with Crippen LogP contribution in [0.1, 0.15) is 90.4 Å². The second kappa shape index (κ2) is 14.2. The van der Waals surface area contributed by atoms with Gasteiger partial charge >= 0.3 is 0 Å². The molecule has 0 heterocycles. The molecule has 0 spiro atoms. The molecule has 0 aliphatic carbocycles. The van der Waals surface area contributed by atoms with Gasteiger partial charge in [-0.25, -0.2) is 0 Å². The van der Waals surface area contributed by atoms with Crippen LogP contribution in [0.4, 0.5) is 0 Å². The van der Waals surface area contributed by atoms with Crippen LogP contribution >= 0.6 is 0 Å². The lowest BCUT2D eigenvalue weighted by atomic mass is 9.99. The van der Waals surface area contributed by atoms with Gasteiger partial charge in [-0.1, -0.05) is 77.6 Å². The van der Waals surface area contributed by atoms with Crippen molar-refractivity contribution in [2.24, 2.45) is 5.92 Å². The highest BCUT2D eigenvalue weighted by molar-refractivity contribution is 7.85. The SMILES string of the molecule is CCCCCCCCCCCCCC(C=O)CCS(=O)(=O)O. The standard InChI is InChI=1S/C17H34O4S/c1-2-3-4-5-6-7-8-9-10-11-12-13-17(16-18)14-15-22(19,20)21/h16-17H,2-15H2,1H3,(H,19,20,21). The molecule has 22 heavy (non-hydrogen) atoms. The highest BCUT2D eigenvalue weighted by Crippen LogP contribution is 2.15. The molecule has 0 amide bonds. The van der Waals surface area contributed by atoms with Crippen molar-refractivity contribution < 1.29 is 17.8 Å². The minimum atomic E-state index is -3.94. The first-order valence-electron chi connectivity index (χ1n) is 8.90. The Hall–Kier alpha value is -0.420. The van der Waals surface area contributed by atoms with E-state index in [1.54, 1.807) is 0 Å². The van der Waals surface area contributed by atoms with Gasteiger partial charge in [0.25, 0.3) is 10.1 Å². The van der Waals surface area contributed by atoms with Crippen molar-refractivity contribution in [1.29, 1.82) is 0 Å². The maximum atomic E-state index is 10.9. The van der Waals surface area contributed by atoms with E-state index >= 15 is 0 Å². The van der Waals surface area contributed by atoms with E-state index in [1.165, 1.54) is 57.8 Å². The molecule has 5 heteroatoms. The summed E-state index contributed by atoms with van der Waals surface area (Å²) in [6, 6.07) is 0. The maximum absolute atomic E-state index is 10.9. The lowest BCUT2D eigenvalue weighted by molar-refractivity contribution is -0.111. The minimum Gasteiger partial charge on any atom is -0.303 e. The predicted octanol–water partition coefficient (Wildman–Crippen LogP) is 4.78. The van der Waals surface area contributed by atoms with Gasteiger partial charge in [-0.3, -0.25) is 4.55 Å². The molecule has 1 atom stereocenters. The molecule has 0 fully saturated rings. The van der Waals surface area contributed by atoms with E-state index in [4.69, 9.17) is 4.55 Å². The van der Waals surface area contributed by atoms with E-state index in [-0.39, 0.29) is 18.1 Å². The van der Waals surface area contributed by atoms with E-state index < -0.39 is 10.1 Å². The summed E-state index contributed by atoms with van der Waals surface area (Å²) in [4.78, 5) is 10.9. The van der Waals surface area contributed by atoms with Gasteiger partial charge in [0.15, 0.2) is 0 Å². The lowest BCUT2D eigenvalue weighted by Gasteiger charge is -2.08. The average Bonchev–Trinajstić information content (AvgIpc) is 2.46. The topological polar surface area (TPSA) is 71.4 Å². The number of carbonyl (C=O) groups is 1. The fourth-order valence-electron chi connectivity index (χ4n) is 2.65. The summed E-state index contributed by atoms with van der Waals surface area (Å²) in [5.41, 5.74) is 0. The summed E-state index contributed by atoms with van der Waals surface area (Å²) < 4.78 is 30.0. The Labute approximate surface area is 136 Å². The molecule has 132 valence electrons. The smallest absolute Gasteiger partial charge is 0.264 e. The van der Waals surface area contributed by atoms with Gasteiger partial charge in [0.2, 0.25) is 0 Å². The zero-order chi connectivity index (χ0) is 16.7. The maximum Gasteiger partial charge on any atom is 0.264 e. The molecule has 0 rings (SSSR count). The van der Waals surface area contributed by atoms with Crippen LogP contribution in [0.5, 0.6) is 0 Å². The summed E-state index contributed by atoms with van der Waals surface area (Å²) in [7, 11) is -3.94. The number of hydrogen-bond acceptors (Lipinski definition) is 3. The third kappa shape index (κ3) is 16.0. The fraction of sp³-hybridized carbons (Fsp3) is 0.941. The molecule has 1 unspecified atom stereocenters. The zero-order valence-corrected chi connectivity index (χ0v) is 15.0. The van der Waals surface area contributed by atoms with Crippen molar-refractivity contribution in [1.82, 2.24) is 0 Å². The summed E-state index contributed by atoms with van der Waals surface area (Å²) in [5.74, 6) is -0.547. The van der Waals surface area contributed by atoms with Crippen LogP contribution < -0.4 is 0 Å². The van der Waals surface area contributed by atoms with Gasteiger partial charge in [0.05, 0.1) is 5.75 Å². The number of hydrogen-bond donors (Lipinski definition) is 1. The van der Waals surface area contributed by atoms with Crippen molar-refractivity contribution in [2.75, 3.05) is 5.75 Å². The molecule has 0 aromatic carbocycles. The molecule has 0 saturated heterocycles. The van der Waals surface area contributed by atoms with Crippen LogP contribution in [0.25, 0.3) is 0 Å². The zero-order valence-electron chi connectivity index (χ0n) is 14.1. The lowest BCUT2D eigenvalue weighted by Crippen LogP contribution is -2.11. The van der Waals surface area contributed by atoms with Gasteiger partial charge < -0.3 is 4.79 Å². The van der Waals surface area contributed by atoms with Crippen LogP contribution in [0.2, 0.25) is 0 Å². The molecule has 0 aromatic heterocycles. The van der Waals surface area contributed by atoms with Crippen LogP contribution in [0.3, 0.4) is 0 Å². The Kier molecular flexibility index (Phi) is 13.9. The Bertz CT molecular complexity index is 352. The van der Waals surface area contributed by atoms with Crippen molar-refractivity contribution >= 4 is 16.4 Å². The molecule has 4 nitrogen and oxygen atoms in total. The predicted molar refractivity (Wildman–Crippen MR) is 91.7 cm³/mol. The monoisotopic (exact) mass is 334 g/mol. The molecule has 0 radical (unpaired) electrons. The summed E-state index contributed by atoms with van der Waals surface area (Å²) >= 11 is 0. The highest BCUT2D eigenvalue weighted by atomic mass is 32.2. The van der Waals surface area contributed by atoms with Gasteiger partial charge in [0, 0.05) is 5.92 Å². The molecule has 0 bridgehead atoms. The number of rotatable bonds is 16. The first-order valence-corrected chi connectivity index (χ1v) is 10.5. The molecule has 0 aliphatic heterocycles. The van der Waals surface area contributed by atoms with E-state index in [1.807, 2.05) is 0 Å². The number of aldehydes is 1. The van der Waals surface area contributed by atoms with Gasteiger partial charge in [-0.05, 0) is 12.8 Å². The summed E-state index contributed by atoms with van der Waals surface area (Å²) in [5, 5.41) is 0. The quantitative estimate of drug-likeness (QED) is 0.250. The Balaban J connectivity index is 3.38. The van der Waals surface area contributed by atoms with Crippen LogP contribution in [-0.4, -0.2) is 25.0 Å². The van der Waals surface area contributed by atoms with Crippen molar-refractivity contribution in [2.45, 2.75) is 90.4 Å². The Morgan fingerprint density at radius 1 is 0.818 bits per heavy atom. The second-order valence-corrected chi connectivity index (χ2v) is 7.87. The van der Waals surface area contributed by atoms with Crippen molar-refractivity contribution in [3.63, 3.8) is 0 Å². The second-order valence-electron chi connectivity index (χ2n) is 6.30. The fourth-order valence-corrected chi connectivity index (χ4v) is 3.25. The summed E-state index contributed by atoms with van der Waals surface area (Å²) in [6.45, 7) is 2.23. The first kappa shape index (κ1) is 21.6. The van der Waals surface area contributed by atoms with Crippen LogP contribution in [0.15, 0.2) is 0 Å². The Morgan fingerprint density at radius 2 is 1.27 bits per heavy atom. The molecule has 0 aromatic rings. The number of carbonyl (C=O) groups excluding carboxylic acids is 1. The van der Waals surface area contributed by atoms with Gasteiger partial charge in [-0.2, -0.15) is 8.42 Å². The van der Waals surface area contributed by atoms with Crippen molar-refractivity contribution in [3.05, 3.63) is 0 Å². The molecular formula is C17H34O4S. The Morgan fingerprint density at radius 3 is 1.68 bits per heavy atom. The third-order valence-electron chi connectivity index (χ3n) is 4.12. The van der Waals surface area contributed by atoms with Crippen LogP contribution in [-0.2, 0) is 14.9 Å². The van der Waals surface area contributed by atoms with E-state index in [9.17, 15) is 13.2 Å². The summed E-state index contributed by atoms with van der Waals surface area (Å²) in [6.07, 6.45) is 15.7. The average molecular weight is 335 g/mol. The molecular weight excluding hydrogens is 300 g/mol.